The van der Waals surface area contributed by atoms with Gasteiger partial charge in [0.15, 0.2) is 0 Å². The van der Waals surface area contributed by atoms with E-state index in [0.29, 0.717) is 5.54 Å². The first kappa shape index (κ1) is 13.7. The number of piperidine rings is 1. The second kappa shape index (κ2) is 5.50. The van der Waals surface area contributed by atoms with Crippen LogP contribution < -0.4 is 5.73 Å². The van der Waals surface area contributed by atoms with Crippen LogP contribution in [0.2, 0.25) is 0 Å². The molecule has 0 amide bonds. The van der Waals surface area contributed by atoms with Crippen LogP contribution >= 0.6 is 11.8 Å². The van der Waals surface area contributed by atoms with Crippen LogP contribution in [0.15, 0.2) is 0 Å². The molecule has 3 heteroatoms. The van der Waals surface area contributed by atoms with Crippen molar-refractivity contribution >= 4 is 11.8 Å². The summed E-state index contributed by atoms with van der Waals surface area (Å²) >= 11 is 2.11. The fourth-order valence-corrected chi connectivity index (χ4v) is 4.92. The van der Waals surface area contributed by atoms with Crippen LogP contribution in [0, 0.1) is 11.8 Å². The number of rotatable bonds is 3. The molecule has 2 saturated heterocycles. The first-order chi connectivity index (χ1) is 8.07. The molecule has 2 aliphatic heterocycles. The minimum atomic E-state index is 0.325. The standard InChI is InChI=1S/C14H28N2S/c1-11(2)13-4-6-16(7-5-13)14(9-15)8-12(3)17-10-14/h11-13H,4-10,15H2,1-3H3. The van der Waals surface area contributed by atoms with Gasteiger partial charge < -0.3 is 5.73 Å². The molecule has 0 aromatic heterocycles. The van der Waals surface area contributed by atoms with Crippen molar-refractivity contribution in [1.29, 1.82) is 0 Å². The fraction of sp³-hybridized carbons (Fsp3) is 1.00. The van der Waals surface area contributed by atoms with Crippen molar-refractivity contribution in [2.75, 3.05) is 25.4 Å². The largest absolute Gasteiger partial charge is 0.329 e. The lowest BCUT2D eigenvalue weighted by molar-refractivity contribution is 0.0595. The molecule has 0 aromatic rings. The normalized spacial score (nSPS) is 36.9. The third kappa shape index (κ3) is 2.82. The lowest BCUT2D eigenvalue weighted by Gasteiger charge is -2.45. The molecule has 0 aliphatic carbocycles. The lowest BCUT2D eigenvalue weighted by atomic mass is 9.83. The van der Waals surface area contributed by atoms with Gasteiger partial charge in [-0.15, -0.1) is 0 Å². The first-order valence-corrected chi connectivity index (χ1v) is 8.19. The topological polar surface area (TPSA) is 29.3 Å². The molecule has 2 rings (SSSR count). The molecule has 0 spiro atoms. The van der Waals surface area contributed by atoms with E-state index in [1.165, 1.54) is 38.1 Å². The van der Waals surface area contributed by atoms with Gasteiger partial charge in [0, 0.05) is 23.1 Å². The summed E-state index contributed by atoms with van der Waals surface area (Å²) in [5, 5.41) is 0.793. The number of nitrogens with zero attached hydrogens (tertiary/aromatic N) is 1. The van der Waals surface area contributed by atoms with E-state index in [2.05, 4.69) is 37.4 Å². The van der Waals surface area contributed by atoms with Gasteiger partial charge in [-0.1, -0.05) is 20.8 Å². The maximum absolute atomic E-state index is 6.10. The van der Waals surface area contributed by atoms with Crippen molar-refractivity contribution < 1.29 is 0 Å². The number of nitrogens with two attached hydrogens (primary N) is 1. The van der Waals surface area contributed by atoms with E-state index in [0.717, 1.165) is 23.6 Å². The van der Waals surface area contributed by atoms with Gasteiger partial charge in [-0.3, -0.25) is 4.90 Å². The summed E-state index contributed by atoms with van der Waals surface area (Å²) in [6.07, 6.45) is 4.04. The minimum absolute atomic E-state index is 0.325. The van der Waals surface area contributed by atoms with Crippen molar-refractivity contribution in [3.8, 4) is 0 Å². The first-order valence-electron chi connectivity index (χ1n) is 7.14. The summed E-state index contributed by atoms with van der Waals surface area (Å²) in [6, 6.07) is 0. The maximum Gasteiger partial charge on any atom is 0.0432 e. The summed E-state index contributed by atoms with van der Waals surface area (Å²) in [4.78, 5) is 2.71. The molecule has 2 fully saturated rings. The molecule has 0 saturated carbocycles. The predicted octanol–water partition coefficient (Wildman–Crippen LogP) is 2.58. The molecule has 2 atom stereocenters. The van der Waals surface area contributed by atoms with Gasteiger partial charge in [-0.2, -0.15) is 11.8 Å². The molecule has 2 nitrogen and oxygen atoms in total. The van der Waals surface area contributed by atoms with E-state index in [9.17, 15) is 0 Å². The fourth-order valence-electron chi connectivity index (χ4n) is 3.48. The highest BCUT2D eigenvalue weighted by atomic mass is 32.2. The maximum atomic E-state index is 6.10. The van der Waals surface area contributed by atoms with E-state index in [-0.39, 0.29) is 0 Å². The molecule has 0 aromatic carbocycles. The Bertz CT molecular complexity index is 249. The van der Waals surface area contributed by atoms with Crippen LogP contribution in [0.1, 0.15) is 40.0 Å². The van der Waals surface area contributed by atoms with Crippen LogP contribution in [0.5, 0.6) is 0 Å². The summed E-state index contributed by atoms with van der Waals surface area (Å²) in [5.74, 6) is 3.03. The molecule has 0 bridgehead atoms. The smallest absolute Gasteiger partial charge is 0.0432 e. The number of likely N-dealkylation sites (tertiary alicyclic amines) is 1. The molecular formula is C14H28N2S. The number of hydrogen-bond donors (Lipinski definition) is 1. The highest BCUT2D eigenvalue weighted by Crippen LogP contribution is 2.40. The summed E-state index contributed by atoms with van der Waals surface area (Å²) in [6.45, 7) is 10.5. The zero-order valence-electron chi connectivity index (χ0n) is 11.6. The molecule has 2 aliphatic rings. The predicted molar refractivity (Wildman–Crippen MR) is 77.5 cm³/mol. The zero-order chi connectivity index (χ0) is 12.5. The average molecular weight is 256 g/mol. The quantitative estimate of drug-likeness (QED) is 0.841. The van der Waals surface area contributed by atoms with E-state index >= 15 is 0 Å². The van der Waals surface area contributed by atoms with Crippen LogP contribution in [0.3, 0.4) is 0 Å². The Labute approximate surface area is 111 Å². The second-order valence-corrected chi connectivity index (χ2v) is 7.75. The van der Waals surface area contributed by atoms with Gasteiger partial charge in [0.25, 0.3) is 0 Å². The van der Waals surface area contributed by atoms with E-state index < -0.39 is 0 Å². The Kier molecular flexibility index (Phi) is 4.43. The summed E-state index contributed by atoms with van der Waals surface area (Å²) in [7, 11) is 0. The van der Waals surface area contributed by atoms with Gasteiger partial charge in [0.05, 0.1) is 0 Å². The Balaban J connectivity index is 1.95. The molecule has 100 valence electrons. The van der Waals surface area contributed by atoms with Crippen LogP contribution in [-0.2, 0) is 0 Å². The molecule has 2 heterocycles. The van der Waals surface area contributed by atoms with E-state index in [1.807, 2.05) is 0 Å². The Hall–Kier alpha value is 0.270. The molecule has 2 N–H and O–H groups in total. The van der Waals surface area contributed by atoms with Gasteiger partial charge in [0.2, 0.25) is 0 Å². The van der Waals surface area contributed by atoms with Gasteiger partial charge >= 0.3 is 0 Å². The van der Waals surface area contributed by atoms with Gasteiger partial charge in [-0.25, -0.2) is 0 Å². The lowest BCUT2D eigenvalue weighted by Crippen LogP contribution is -2.57. The van der Waals surface area contributed by atoms with Crippen molar-refractivity contribution in [2.24, 2.45) is 17.6 Å². The number of thioether (sulfide) groups is 1. The van der Waals surface area contributed by atoms with Crippen LogP contribution in [0.25, 0.3) is 0 Å². The van der Waals surface area contributed by atoms with Crippen LogP contribution in [-0.4, -0.2) is 41.1 Å². The SMILES string of the molecule is CC1CC(CN)(N2CCC(C(C)C)CC2)CS1. The van der Waals surface area contributed by atoms with Crippen molar-refractivity contribution in [3.05, 3.63) is 0 Å². The highest BCUT2D eigenvalue weighted by Gasteiger charge is 2.43. The highest BCUT2D eigenvalue weighted by molar-refractivity contribution is 8.00. The van der Waals surface area contributed by atoms with Crippen molar-refractivity contribution in [3.63, 3.8) is 0 Å². The van der Waals surface area contributed by atoms with Gasteiger partial charge in [-0.05, 0) is 44.2 Å². The molecular weight excluding hydrogens is 228 g/mol. The zero-order valence-corrected chi connectivity index (χ0v) is 12.4. The summed E-state index contributed by atoms with van der Waals surface area (Å²) < 4.78 is 0. The van der Waals surface area contributed by atoms with E-state index in [1.54, 1.807) is 0 Å². The Morgan fingerprint density at radius 3 is 2.41 bits per heavy atom. The monoisotopic (exact) mass is 256 g/mol. The molecule has 2 unspecified atom stereocenters. The molecule has 0 radical (unpaired) electrons. The summed E-state index contributed by atoms with van der Waals surface area (Å²) in [5.41, 5.74) is 6.43. The third-order valence-corrected chi connectivity index (χ3v) is 6.28. The molecule has 17 heavy (non-hydrogen) atoms. The van der Waals surface area contributed by atoms with Crippen molar-refractivity contribution in [2.45, 2.75) is 50.8 Å². The Morgan fingerprint density at radius 2 is 2.00 bits per heavy atom. The van der Waals surface area contributed by atoms with Crippen molar-refractivity contribution in [1.82, 2.24) is 4.90 Å². The minimum Gasteiger partial charge on any atom is -0.329 e. The van der Waals surface area contributed by atoms with E-state index in [4.69, 9.17) is 5.73 Å². The second-order valence-electron chi connectivity index (χ2n) is 6.32. The van der Waals surface area contributed by atoms with Crippen LogP contribution in [0.4, 0.5) is 0 Å². The number of hydrogen-bond acceptors (Lipinski definition) is 3. The Morgan fingerprint density at radius 1 is 1.35 bits per heavy atom. The third-order valence-electron chi connectivity index (χ3n) is 4.84. The van der Waals surface area contributed by atoms with Gasteiger partial charge in [0.1, 0.15) is 0 Å². The average Bonchev–Trinajstić information content (AvgIpc) is 2.72.